The van der Waals surface area contributed by atoms with Gasteiger partial charge in [-0.2, -0.15) is 0 Å². The summed E-state index contributed by atoms with van der Waals surface area (Å²) in [6.45, 7) is 2.53. The summed E-state index contributed by atoms with van der Waals surface area (Å²) in [5, 5.41) is 12.0. The second-order valence-electron chi connectivity index (χ2n) is 6.22. The van der Waals surface area contributed by atoms with Crippen molar-refractivity contribution >= 4 is 11.9 Å². The van der Waals surface area contributed by atoms with Crippen LogP contribution in [0.3, 0.4) is 0 Å². The van der Waals surface area contributed by atoms with E-state index in [2.05, 4.69) is 5.32 Å². The number of amides is 1. The van der Waals surface area contributed by atoms with Gasteiger partial charge in [-0.05, 0) is 56.7 Å². The van der Waals surface area contributed by atoms with Gasteiger partial charge in [-0.15, -0.1) is 0 Å². The van der Waals surface area contributed by atoms with Crippen LogP contribution < -0.4 is 10.1 Å². The topological polar surface area (TPSA) is 75.6 Å². The maximum atomic E-state index is 11.9. The number of carbonyl (C=O) groups excluding carboxylic acids is 1. The molecule has 0 heterocycles. The summed E-state index contributed by atoms with van der Waals surface area (Å²) < 4.78 is 5.62. The Bertz CT molecular complexity index is 536. The predicted octanol–water partition coefficient (Wildman–Crippen LogP) is 2.91. The van der Waals surface area contributed by atoms with Gasteiger partial charge in [0.25, 0.3) is 0 Å². The van der Waals surface area contributed by atoms with E-state index in [9.17, 15) is 9.59 Å². The molecule has 0 radical (unpaired) electrons. The molecule has 1 aromatic carbocycles. The number of carboxylic acid groups (broad SMARTS) is 1. The molecule has 126 valence electrons. The van der Waals surface area contributed by atoms with Crippen LogP contribution in [0.15, 0.2) is 24.3 Å². The first kappa shape index (κ1) is 17.3. The van der Waals surface area contributed by atoms with Crippen molar-refractivity contribution in [2.45, 2.75) is 51.5 Å². The van der Waals surface area contributed by atoms with Gasteiger partial charge in [0.05, 0.1) is 12.5 Å². The van der Waals surface area contributed by atoms with Gasteiger partial charge < -0.3 is 15.2 Å². The quantitative estimate of drug-likeness (QED) is 0.758. The lowest BCUT2D eigenvalue weighted by atomic mass is 9.86. The van der Waals surface area contributed by atoms with Crippen molar-refractivity contribution in [2.75, 3.05) is 6.61 Å². The molecular formula is C18H25NO4. The molecule has 0 bridgehead atoms. The predicted molar refractivity (Wildman–Crippen MR) is 87.4 cm³/mol. The summed E-state index contributed by atoms with van der Waals surface area (Å²) in [5.74, 6) is -0.108. The Kier molecular flexibility index (Phi) is 6.44. The first-order valence-electron chi connectivity index (χ1n) is 8.26. The average Bonchev–Trinajstić information content (AvgIpc) is 2.52. The first-order valence-corrected chi connectivity index (χ1v) is 8.26. The number of aliphatic carboxylic acids is 1. The van der Waals surface area contributed by atoms with E-state index in [1.807, 2.05) is 31.2 Å². The Morgan fingerprint density at radius 3 is 2.65 bits per heavy atom. The lowest BCUT2D eigenvalue weighted by Gasteiger charge is -2.26. The van der Waals surface area contributed by atoms with Gasteiger partial charge in [0.1, 0.15) is 5.75 Å². The van der Waals surface area contributed by atoms with Crippen LogP contribution in [-0.2, 0) is 9.59 Å². The zero-order valence-corrected chi connectivity index (χ0v) is 13.6. The van der Waals surface area contributed by atoms with Crippen LogP contribution in [-0.4, -0.2) is 29.6 Å². The maximum absolute atomic E-state index is 11.9. The van der Waals surface area contributed by atoms with Gasteiger partial charge in [0.2, 0.25) is 5.91 Å². The van der Waals surface area contributed by atoms with Crippen LogP contribution in [0.1, 0.15) is 44.1 Å². The molecule has 0 atom stereocenters. The maximum Gasteiger partial charge on any atom is 0.306 e. The molecule has 0 aliphatic heterocycles. The zero-order valence-electron chi connectivity index (χ0n) is 13.6. The largest absolute Gasteiger partial charge is 0.494 e. The molecule has 0 aromatic heterocycles. The molecule has 5 heteroatoms. The van der Waals surface area contributed by atoms with E-state index in [1.54, 1.807) is 0 Å². The van der Waals surface area contributed by atoms with Gasteiger partial charge in [0.15, 0.2) is 0 Å². The first-order chi connectivity index (χ1) is 11.0. The number of carbonyl (C=O) groups is 2. The van der Waals surface area contributed by atoms with Crippen LogP contribution in [0.25, 0.3) is 0 Å². The molecule has 1 aromatic rings. The molecule has 5 nitrogen and oxygen atoms in total. The fourth-order valence-corrected chi connectivity index (χ4v) is 2.91. The van der Waals surface area contributed by atoms with Crippen LogP contribution in [0.2, 0.25) is 0 Å². The summed E-state index contributed by atoms with van der Waals surface area (Å²) in [6, 6.07) is 7.97. The van der Waals surface area contributed by atoms with E-state index < -0.39 is 5.97 Å². The molecule has 1 aliphatic carbocycles. The number of aryl methyl sites for hydroxylation is 1. The van der Waals surface area contributed by atoms with Crippen molar-refractivity contribution in [1.82, 2.24) is 5.32 Å². The fourth-order valence-electron chi connectivity index (χ4n) is 2.91. The van der Waals surface area contributed by atoms with Gasteiger partial charge in [0, 0.05) is 12.5 Å². The van der Waals surface area contributed by atoms with E-state index in [-0.39, 0.29) is 17.9 Å². The van der Waals surface area contributed by atoms with Crippen molar-refractivity contribution in [3.8, 4) is 5.75 Å². The number of carboxylic acids is 1. The highest BCUT2D eigenvalue weighted by atomic mass is 16.5. The molecule has 2 rings (SSSR count). The third-order valence-electron chi connectivity index (χ3n) is 4.25. The smallest absolute Gasteiger partial charge is 0.306 e. The van der Waals surface area contributed by atoms with Crippen molar-refractivity contribution in [3.05, 3.63) is 29.8 Å². The zero-order chi connectivity index (χ0) is 16.7. The minimum atomic E-state index is -0.719. The molecule has 1 aliphatic rings. The molecule has 0 spiro atoms. The van der Waals surface area contributed by atoms with Crippen LogP contribution in [0, 0.1) is 12.8 Å². The standard InChI is InChI=1S/C18H25NO4/c1-13-4-2-5-16(12-13)23-11-3-6-17(20)19-15-9-7-14(8-10-15)18(21)22/h2,4-5,12,14-15H,3,6-11H2,1H3,(H,19,20)(H,21,22). The average molecular weight is 319 g/mol. The van der Waals surface area contributed by atoms with Crippen molar-refractivity contribution in [2.24, 2.45) is 5.92 Å². The number of rotatable bonds is 7. The summed E-state index contributed by atoms with van der Waals surface area (Å²) in [6.07, 6.45) is 3.91. The third-order valence-corrected chi connectivity index (χ3v) is 4.25. The van der Waals surface area contributed by atoms with E-state index in [0.29, 0.717) is 32.3 Å². The summed E-state index contributed by atoms with van der Waals surface area (Å²) >= 11 is 0. The second kappa shape index (κ2) is 8.56. The normalized spacial score (nSPS) is 20.7. The Balaban J connectivity index is 1.59. The molecule has 1 fully saturated rings. The van der Waals surface area contributed by atoms with Crippen molar-refractivity contribution in [1.29, 1.82) is 0 Å². The second-order valence-corrected chi connectivity index (χ2v) is 6.22. The highest BCUT2D eigenvalue weighted by Gasteiger charge is 2.26. The van der Waals surface area contributed by atoms with E-state index >= 15 is 0 Å². The van der Waals surface area contributed by atoms with E-state index in [1.165, 1.54) is 0 Å². The number of hydrogen-bond donors (Lipinski definition) is 2. The lowest BCUT2D eigenvalue weighted by Crippen LogP contribution is -2.38. The van der Waals surface area contributed by atoms with Gasteiger partial charge in [-0.25, -0.2) is 0 Å². The number of benzene rings is 1. The highest BCUT2D eigenvalue weighted by Crippen LogP contribution is 2.24. The van der Waals surface area contributed by atoms with Gasteiger partial charge in [-0.3, -0.25) is 9.59 Å². The molecule has 2 N–H and O–H groups in total. The van der Waals surface area contributed by atoms with Crippen molar-refractivity contribution < 1.29 is 19.4 Å². The van der Waals surface area contributed by atoms with Crippen LogP contribution >= 0.6 is 0 Å². The number of ether oxygens (including phenoxy) is 1. The molecule has 1 amide bonds. The lowest BCUT2D eigenvalue weighted by molar-refractivity contribution is -0.142. The van der Waals surface area contributed by atoms with Crippen LogP contribution in [0.4, 0.5) is 0 Å². The Morgan fingerprint density at radius 2 is 2.00 bits per heavy atom. The minimum Gasteiger partial charge on any atom is -0.494 e. The van der Waals surface area contributed by atoms with Gasteiger partial charge >= 0.3 is 5.97 Å². The summed E-state index contributed by atoms with van der Waals surface area (Å²) in [7, 11) is 0. The third kappa shape index (κ3) is 5.93. The Labute approximate surface area is 137 Å². The highest BCUT2D eigenvalue weighted by molar-refractivity contribution is 5.76. The molecular weight excluding hydrogens is 294 g/mol. The Morgan fingerprint density at radius 1 is 1.26 bits per heavy atom. The SMILES string of the molecule is Cc1cccc(OCCCC(=O)NC2CCC(C(=O)O)CC2)c1. The monoisotopic (exact) mass is 319 g/mol. The van der Waals surface area contributed by atoms with E-state index in [4.69, 9.17) is 9.84 Å². The molecule has 0 saturated heterocycles. The number of hydrogen-bond acceptors (Lipinski definition) is 3. The van der Waals surface area contributed by atoms with Crippen LogP contribution in [0.5, 0.6) is 5.75 Å². The molecule has 23 heavy (non-hydrogen) atoms. The summed E-state index contributed by atoms with van der Waals surface area (Å²) in [4.78, 5) is 22.8. The number of nitrogens with one attached hydrogen (secondary N) is 1. The minimum absolute atomic E-state index is 0.0246. The van der Waals surface area contributed by atoms with Gasteiger partial charge in [-0.1, -0.05) is 12.1 Å². The van der Waals surface area contributed by atoms with Crippen molar-refractivity contribution in [3.63, 3.8) is 0 Å². The molecule has 1 saturated carbocycles. The Hall–Kier alpha value is -2.04. The van der Waals surface area contributed by atoms with E-state index in [0.717, 1.165) is 24.2 Å². The molecule has 0 unspecified atom stereocenters. The fraction of sp³-hybridized carbons (Fsp3) is 0.556. The summed E-state index contributed by atoms with van der Waals surface area (Å²) in [5.41, 5.74) is 1.15.